The van der Waals surface area contributed by atoms with E-state index in [0.717, 1.165) is 42.8 Å². The minimum Gasteiger partial charge on any atom is -0.352 e. The van der Waals surface area contributed by atoms with E-state index in [9.17, 15) is 9.59 Å². The standard InChI is InChI=1S/C26H34ClN5O2/c1-19(2)12-13-32(26(34)20-6-5-7-20)18-25(33)31-16-14-30(15-17-31)24-11-10-23(28-29-24)21-8-3-4-9-22(21)27/h3-4,8-11,19-20H,5-7,12-18H2,1-2H3. The number of rotatable bonds is 8. The van der Waals surface area contributed by atoms with Gasteiger partial charge in [-0.1, -0.05) is 50.1 Å². The Morgan fingerprint density at radius 2 is 1.79 bits per heavy atom. The highest BCUT2D eigenvalue weighted by atomic mass is 35.5. The van der Waals surface area contributed by atoms with Gasteiger partial charge in [-0.2, -0.15) is 0 Å². The second-order valence-corrected chi connectivity index (χ2v) is 10.1. The second-order valence-electron chi connectivity index (χ2n) is 9.69. The first-order valence-corrected chi connectivity index (χ1v) is 12.7. The number of anilines is 1. The molecule has 8 heteroatoms. The van der Waals surface area contributed by atoms with Crippen molar-refractivity contribution in [2.75, 3.05) is 44.2 Å². The van der Waals surface area contributed by atoms with Crippen molar-refractivity contribution in [3.63, 3.8) is 0 Å². The zero-order valence-corrected chi connectivity index (χ0v) is 20.9. The van der Waals surface area contributed by atoms with Crippen LogP contribution in [0.4, 0.5) is 5.82 Å². The lowest BCUT2D eigenvalue weighted by molar-refractivity contribution is -0.145. The molecule has 2 fully saturated rings. The lowest BCUT2D eigenvalue weighted by Crippen LogP contribution is -2.53. The molecule has 1 aromatic carbocycles. The Kier molecular flexibility index (Phi) is 8.03. The first-order chi connectivity index (χ1) is 16.4. The normalized spacial score (nSPS) is 16.5. The number of aromatic nitrogens is 2. The van der Waals surface area contributed by atoms with Gasteiger partial charge in [-0.15, -0.1) is 10.2 Å². The number of carbonyl (C=O) groups excluding carboxylic acids is 2. The van der Waals surface area contributed by atoms with Crippen molar-refractivity contribution in [2.45, 2.75) is 39.5 Å². The fourth-order valence-electron chi connectivity index (χ4n) is 4.35. The van der Waals surface area contributed by atoms with Crippen LogP contribution in [0.25, 0.3) is 11.3 Å². The number of hydrogen-bond acceptors (Lipinski definition) is 5. The Bertz CT molecular complexity index is 985. The van der Waals surface area contributed by atoms with Crippen LogP contribution in [0.5, 0.6) is 0 Å². The minimum absolute atomic E-state index is 0.0382. The van der Waals surface area contributed by atoms with Gasteiger partial charge in [0.2, 0.25) is 11.8 Å². The van der Waals surface area contributed by atoms with Crippen molar-refractivity contribution in [3.8, 4) is 11.3 Å². The summed E-state index contributed by atoms with van der Waals surface area (Å²) in [4.78, 5) is 31.7. The number of carbonyl (C=O) groups is 2. The smallest absolute Gasteiger partial charge is 0.242 e. The minimum atomic E-state index is 0.0382. The predicted molar refractivity (Wildman–Crippen MR) is 135 cm³/mol. The van der Waals surface area contributed by atoms with Crippen LogP contribution in [0.15, 0.2) is 36.4 Å². The van der Waals surface area contributed by atoms with Crippen LogP contribution in [0, 0.1) is 11.8 Å². The highest BCUT2D eigenvalue weighted by Crippen LogP contribution is 2.29. The SMILES string of the molecule is CC(C)CCN(CC(=O)N1CCN(c2ccc(-c3ccccc3Cl)nn2)CC1)C(=O)C1CCC1. The molecule has 2 aromatic rings. The van der Waals surface area contributed by atoms with Gasteiger partial charge in [0.25, 0.3) is 0 Å². The molecule has 1 aromatic heterocycles. The largest absolute Gasteiger partial charge is 0.352 e. The van der Waals surface area contributed by atoms with E-state index in [1.807, 2.05) is 41.3 Å². The second kappa shape index (κ2) is 11.2. The van der Waals surface area contributed by atoms with Crippen LogP contribution < -0.4 is 4.90 Å². The fourth-order valence-corrected chi connectivity index (χ4v) is 4.58. The van der Waals surface area contributed by atoms with Gasteiger partial charge in [0, 0.05) is 44.2 Å². The van der Waals surface area contributed by atoms with E-state index in [1.54, 1.807) is 4.90 Å². The summed E-state index contributed by atoms with van der Waals surface area (Å²) in [6.45, 7) is 7.75. The molecular weight excluding hydrogens is 450 g/mol. The van der Waals surface area contributed by atoms with Crippen LogP contribution in [0.1, 0.15) is 39.5 Å². The Hall–Kier alpha value is -2.67. The summed E-state index contributed by atoms with van der Waals surface area (Å²) in [6, 6.07) is 11.5. The molecule has 1 aliphatic carbocycles. The predicted octanol–water partition coefficient (Wildman–Crippen LogP) is 4.12. The summed E-state index contributed by atoms with van der Waals surface area (Å²) in [5.41, 5.74) is 1.60. The van der Waals surface area contributed by atoms with Crippen molar-refractivity contribution in [1.82, 2.24) is 20.0 Å². The highest BCUT2D eigenvalue weighted by Gasteiger charge is 2.32. The summed E-state index contributed by atoms with van der Waals surface area (Å²) in [5.74, 6) is 1.61. The molecule has 1 aliphatic heterocycles. The lowest BCUT2D eigenvalue weighted by atomic mass is 9.84. The third kappa shape index (κ3) is 5.87. The Labute approximate surface area is 207 Å². The molecule has 7 nitrogen and oxygen atoms in total. The molecule has 2 amide bonds. The van der Waals surface area contributed by atoms with Gasteiger partial charge in [0.1, 0.15) is 0 Å². The fraction of sp³-hybridized carbons (Fsp3) is 0.538. The lowest BCUT2D eigenvalue weighted by Gasteiger charge is -2.37. The molecule has 0 spiro atoms. The van der Waals surface area contributed by atoms with Gasteiger partial charge < -0.3 is 14.7 Å². The quantitative estimate of drug-likeness (QED) is 0.565. The molecule has 0 N–H and O–H groups in total. The zero-order valence-electron chi connectivity index (χ0n) is 20.1. The maximum absolute atomic E-state index is 13.0. The number of hydrogen-bond donors (Lipinski definition) is 0. The van der Waals surface area contributed by atoms with Crippen molar-refractivity contribution in [2.24, 2.45) is 11.8 Å². The first-order valence-electron chi connectivity index (χ1n) is 12.3. The monoisotopic (exact) mass is 483 g/mol. The average molecular weight is 484 g/mol. The van der Waals surface area contributed by atoms with E-state index in [4.69, 9.17) is 11.6 Å². The van der Waals surface area contributed by atoms with Crippen LogP contribution in [0.3, 0.4) is 0 Å². The third-order valence-electron chi connectivity index (χ3n) is 6.83. The van der Waals surface area contributed by atoms with Crippen molar-refractivity contribution >= 4 is 29.2 Å². The summed E-state index contributed by atoms with van der Waals surface area (Å²) in [7, 11) is 0. The van der Waals surface area contributed by atoms with Crippen LogP contribution >= 0.6 is 11.6 Å². The molecule has 1 saturated heterocycles. The Morgan fingerprint density at radius 3 is 2.38 bits per heavy atom. The first kappa shape index (κ1) is 24.5. The Balaban J connectivity index is 1.32. The molecule has 34 heavy (non-hydrogen) atoms. The van der Waals surface area contributed by atoms with Gasteiger partial charge in [-0.3, -0.25) is 9.59 Å². The molecule has 2 aliphatic rings. The molecule has 0 radical (unpaired) electrons. The van der Waals surface area contributed by atoms with E-state index >= 15 is 0 Å². The third-order valence-corrected chi connectivity index (χ3v) is 7.15. The number of benzene rings is 1. The van der Waals surface area contributed by atoms with Crippen LogP contribution in [-0.2, 0) is 9.59 Å². The van der Waals surface area contributed by atoms with E-state index < -0.39 is 0 Å². The number of amides is 2. The molecule has 4 rings (SSSR count). The summed E-state index contributed by atoms with van der Waals surface area (Å²) in [5, 5.41) is 9.41. The van der Waals surface area contributed by atoms with Crippen LogP contribution in [0.2, 0.25) is 5.02 Å². The van der Waals surface area contributed by atoms with Gasteiger partial charge in [-0.25, -0.2) is 0 Å². The highest BCUT2D eigenvalue weighted by molar-refractivity contribution is 6.33. The molecule has 0 bridgehead atoms. The molecule has 2 heterocycles. The van der Waals surface area contributed by atoms with Gasteiger partial charge in [-0.05, 0) is 43.4 Å². The molecule has 0 atom stereocenters. The average Bonchev–Trinajstić information content (AvgIpc) is 2.81. The molecule has 0 unspecified atom stereocenters. The maximum atomic E-state index is 13.0. The van der Waals surface area contributed by atoms with E-state index in [-0.39, 0.29) is 24.3 Å². The summed E-state index contributed by atoms with van der Waals surface area (Å²) in [6.07, 6.45) is 3.95. The van der Waals surface area contributed by atoms with E-state index in [0.29, 0.717) is 43.7 Å². The van der Waals surface area contributed by atoms with Gasteiger partial charge >= 0.3 is 0 Å². The Morgan fingerprint density at radius 1 is 1.06 bits per heavy atom. The molecule has 1 saturated carbocycles. The number of nitrogens with zero attached hydrogens (tertiary/aromatic N) is 5. The van der Waals surface area contributed by atoms with Crippen LogP contribution in [-0.4, -0.2) is 71.1 Å². The topological polar surface area (TPSA) is 69.6 Å². The molecule has 182 valence electrons. The summed E-state index contributed by atoms with van der Waals surface area (Å²) >= 11 is 6.27. The van der Waals surface area contributed by atoms with Gasteiger partial charge in [0.15, 0.2) is 5.82 Å². The zero-order chi connectivity index (χ0) is 24.1. The van der Waals surface area contributed by atoms with E-state index in [1.165, 1.54) is 0 Å². The molecular formula is C26H34ClN5O2. The van der Waals surface area contributed by atoms with Crippen molar-refractivity contribution in [1.29, 1.82) is 0 Å². The van der Waals surface area contributed by atoms with Gasteiger partial charge in [0.05, 0.1) is 17.3 Å². The van der Waals surface area contributed by atoms with E-state index in [2.05, 4.69) is 28.9 Å². The van der Waals surface area contributed by atoms with Crippen molar-refractivity contribution in [3.05, 3.63) is 41.4 Å². The summed E-state index contributed by atoms with van der Waals surface area (Å²) < 4.78 is 0. The maximum Gasteiger partial charge on any atom is 0.242 e. The number of halogens is 1. The van der Waals surface area contributed by atoms with Crippen molar-refractivity contribution < 1.29 is 9.59 Å². The number of piperazine rings is 1.